The number of amidine groups is 1. The average Bonchev–Trinajstić information content (AvgIpc) is 2.97. The predicted octanol–water partition coefficient (Wildman–Crippen LogP) is 2.93. The Morgan fingerprint density at radius 1 is 1.47 bits per heavy atom. The van der Waals surface area contributed by atoms with Crippen LogP contribution in [0.5, 0.6) is 0 Å². The third-order valence-corrected chi connectivity index (χ3v) is 3.43. The largest absolute Gasteiger partial charge is 0.384 e. The van der Waals surface area contributed by atoms with Crippen LogP contribution in [0.25, 0.3) is 6.08 Å². The van der Waals surface area contributed by atoms with Crippen molar-refractivity contribution in [2.45, 2.75) is 0 Å². The van der Waals surface area contributed by atoms with Crippen LogP contribution in [0.1, 0.15) is 16.2 Å². The summed E-state index contributed by atoms with van der Waals surface area (Å²) in [7, 11) is 0. The molecule has 0 radical (unpaired) electrons. The van der Waals surface area contributed by atoms with Crippen LogP contribution >= 0.6 is 22.9 Å². The standard InChI is InChI=1S/C12H11ClN4OS/c13-11-8(5-6-19-11)17-12(18)9-3-1-7(16-9)2-4-10(14)15/h1-6,16H,(H3,14,15)(H,17,18)/b4-2-. The van der Waals surface area contributed by atoms with Crippen LogP contribution in [-0.2, 0) is 0 Å². The number of anilines is 1. The van der Waals surface area contributed by atoms with E-state index in [9.17, 15) is 4.79 Å². The van der Waals surface area contributed by atoms with E-state index in [4.69, 9.17) is 22.7 Å². The van der Waals surface area contributed by atoms with E-state index in [-0.39, 0.29) is 11.7 Å². The van der Waals surface area contributed by atoms with Gasteiger partial charge in [-0.05, 0) is 35.7 Å². The first-order valence-electron chi connectivity index (χ1n) is 5.31. The summed E-state index contributed by atoms with van der Waals surface area (Å²) in [5.74, 6) is -0.326. The van der Waals surface area contributed by atoms with Gasteiger partial charge in [-0.3, -0.25) is 10.2 Å². The minimum Gasteiger partial charge on any atom is -0.384 e. The summed E-state index contributed by atoms with van der Waals surface area (Å²) >= 11 is 7.26. The van der Waals surface area contributed by atoms with E-state index in [1.165, 1.54) is 17.4 Å². The second kappa shape index (κ2) is 5.73. The second-order valence-electron chi connectivity index (χ2n) is 3.68. The number of hydrogen-bond donors (Lipinski definition) is 4. The molecule has 0 unspecified atom stereocenters. The fourth-order valence-electron chi connectivity index (χ4n) is 1.39. The molecular weight excluding hydrogens is 284 g/mol. The summed E-state index contributed by atoms with van der Waals surface area (Å²) in [6.07, 6.45) is 3.06. The molecular formula is C12H11ClN4OS. The maximum atomic E-state index is 11.9. The summed E-state index contributed by atoms with van der Waals surface area (Å²) in [5.41, 5.74) is 6.89. The molecule has 19 heavy (non-hydrogen) atoms. The number of nitrogens with one attached hydrogen (secondary N) is 3. The lowest BCUT2D eigenvalue weighted by Crippen LogP contribution is -2.11. The van der Waals surface area contributed by atoms with Crippen LogP contribution in [0, 0.1) is 5.41 Å². The molecule has 0 atom stereocenters. The van der Waals surface area contributed by atoms with Gasteiger partial charge in [0.1, 0.15) is 15.9 Å². The summed E-state index contributed by atoms with van der Waals surface area (Å²) in [4.78, 5) is 14.8. The van der Waals surface area contributed by atoms with Gasteiger partial charge in [-0.1, -0.05) is 11.6 Å². The first-order chi connectivity index (χ1) is 9.06. The molecule has 2 aromatic rings. The van der Waals surface area contributed by atoms with E-state index in [1.807, 2.05) is 0 Å². The lowest BCUT2D eigenvalue weighted by molar-refractivity contribution is 0.102. The number of amides is 1. The van der Waals surface area contributed by atoms with Crippen LogP contribution in [0.2, 0.25) is 4.34 Å². The summed E-state index contributed by atoms with van der Waals surface area (Å²) < 4.78 is 0.539. The first-order valence-corrected chi connectivity index (χ1v) is 6.57. The summed E-state index contributed by atoms with van der Waals surface area (Å²) in [6.45, 7) is 0. The molecule has 2 heterocycles. The number of aromatic amines is 1. The molecule has 0 bridgehead atoms. The third-order valence-electron chi connectivity index (χ3n) is 2.26. The highest BCUT2D eigenvalue weighted by atomic mass is 35.5. The van der Waals surface area contributed by atoms with Gasteiger partial charge in [-0.2, -0.15) is 0 Å². The fraction of sp³-hybridized carbons (Fsp3) is 0. The molecule has 0 spiro atoms. The van der Waals surface area contributed by atoms with Crippen LogP contribution < -0.4 is 11.1 Å². The minimum absolute atomic E-state index is 0.0503. The molecule has 0 aromatic carbocycles. The van der Waals surface area contributed by atoms with Gasteiger partial charge in [0.2, 0.25) is 0 Å². The van der Waals surface area contributed by atoms with E-state index in [2.05, 4.69) is 10.3 Å². The zero-order valence-corrected chi connectivity index (χ0v) is 11.3. The molecule has 98 valence electrons. The Kier molecular flexibility index (Phi) is 4.03. The van der Waals surface area contributed by atoms with E-state index in [0.717, 1.165) is 0 Å². The van der Waals surface area contributed by atoms with Gasteiger partial charge in [0.05, 0.1) is 5.69 Å². The summed E-state index contributed by atoms with van der Waals surface area (Å²) in [6, 6.07) is 5.11. The van der Waals surface area contributed by atoms with Crippen molar-refractivity contribution in [2.75, 3.05) is 5.32 Å². The fourth-order valence-corrected chi connectivity index (χ4v) is 2.23. The van der Waals surface area contributed by atoms with Crippen molar-refractivity contribution >= 4 is 46.4 Å². The number of nitrogens with two attached hydrogens (primary N) is 1. The highest BCUT2D eigenvalue weighted by Gasteiger charge is 2.10. The van der Waals surface area contributed by atoms with Gasteiger partial charge in [-0.25, -0.2) is 0 Å². The maximum Gasteiger partial charge on any atom is 0.272 e. The van der Waals surface area contributed by atoms with Crippen molar-refractivity contribution in [2.24, 2.45) is 5.73 Å². The van der Waals surface area contributed by atoms with Gasteiger partial charge in [-0.15, -0.1) is 11.3 Å². The number of thiophene rings is 1. The third kappa shape index (κ3) is 3.46. The Balaban J connectivity index is 2.08. The average molecular weight is 295 g/mol. The van der Waals surface area contributed by atoms with Gasteiger partial charge in [0.25, 0.3) is 5.91 Å². The maximum absolute atomic E-state index is 11.9. The molecule has 0 aliphatic rings. The minimum atomic E-state index is -0.275. The van der Waals surface area contributed by atoms with Crippen LogP contribution in [-0.4, -0.2) is 16.7 Å². The number of halogens is 1. The molecule has 5 nitrogen and oxygen atoms in total. The second-order valence-corrected chi connectivity index (χ2v) is 5.20. The Labute approximate surface area is 118 Å². The van der Waals surface area contributed by atoms with Crippen LogP contribution in [0.4, 0.5) is 5.69 Å². The first kappa shape index (κ1) is 13.4. The smallest absolute Gasteiger partial charge is 0.272 e. The van der Waals surface area contributed by atoms with E-state index < -0.39 is 0 Å². The number of carbonyl (C=O) groups excluding carboxylic acids is 1. The molecule has 1 amide bonds. The molecule has 0 saturated heterocycles. The van der Waals surface area contributed by atoms with Crippen molar-refractivity contribution in [3.63, 3.8) is 0 Å². The number of hydrogen-bond acceptors (Lipinski definition) is 3. The predicted molar refractivity (Wildman–Crippen MR) is 79.0 cm³/mol. The Morgan fingerprint density at radius 3 is 2.89 bits per heavy atom. The lowest BCUT2D eigenvalue weighted by Gasteiger charge is -2.01. The molecule has 5 N–H and O–H groups in total. The van der Waals surface area contributed by atoms with Crippen molar-refractivity contribution in [1.29, 1.82) is 5.41 Å². The normalized spacial score (nSPS) is 10.8. The van der Waals surface area contributed by atoms with Crippen LogP contribution in [0.15, 0.2) is 29.7 Å². The molecule has 7 heteroatoms. The Hall–Kier alpha value is -2.05. The van der Waals surface area contributed by atoms with E-state index in [1.54, 1.807) is 29.7 Å². The molecule has 0 fully saturated rings. The van der Waals surface area contributed by atoms with E-state index >= 15 is 0 Å². The number of rotatable bonds is 4. The number of aromatic nitrogens is 1. The molecule has 0 aliphatic carbocycles. The Bertz CT molecular complexity index is 644. The van der Waals surface area contributed by atoms with Crippen molar-refractivity contribution in [3.8, 4) is 0 Å². The van der Waals surface area contributed by atoms with Gasteiger partial charge in [0.15, 0.2) is 0 Å². The monoisotopic (exact) mass is 294 g/mol. The zero-order valence-electron chi connectivity index (χ0n) is 9.74. The Morgan fingerprint density at radius 2 is 2.26 bits per heavy atom. The number of H-pyrrole nitrogens is 1. The van der Waals surface area contributed by atoms with Crippen molar-refractivity contribution in [3.05, 3.63) is 45.4 Å². The van der Waals surface area contributed by atoms with Gasteiger partial charge < -0.3 is 16.0 Å². The molecule has 2 rings (SSSR count). The van der Waals surface area contributed by atoms with Crippen molar-refractivity contribution in [1.82, 2.24) is 4.98 Å². The highest BCUT2D eigenvalue weighted by molar-refractivity contribution is 7.15. The zero-order chi connectivity index (χ0) is 13.8. The van der Waals surface area contributed by atoms with Gasteiger partial charge in [0, 0.05) is 5.69 Å². The molecule has 2 aromatic heterocycles. The molecule has 0 aliphatic heterocycles. The van der Waals surface area contributed by atoms with Crippen LogP contribution in [0.3, 0.4) is 0 Å². The highest BCUT2D eigenvalue weighted by Crippen LogP contribution is 2.27. The van der Waals surface area contributed by atoms with Crippen molar-refractivity contribution < 1.29 is 4.79 Å². The molecule has 0 saturated carbocycles. The topological polar surface area (TPSA) is 94.8 Å². The summed E-state index contributed by atoms with van der Waals surface area (Å²) in [5, 5.41) is 11.6. The number of carbonyl (C=O) groups is 1. The SMILES string of the molecule is N=C(N)/C=C\c1ccc(C(=O)Nc2ccsc2Cl)[nH]1. The van der Waals surface area contributed by atoms with Gasteiger partial charge >= 0.3 is 0 Å². The van der Waals surface area contributed by atoms with E-state index in [0.29, 0.717) is 21.4 Å². The quantitative estimate of drug-likeness (QED) is 0.515. The lowest BCUT2D eigenvalue weighted by atomic mass is 10.3.